The molecule has 1 aromatic rings. The van der Waals surface area contributed by atoms with Gasteiger partial charge in [-0.05, 0) is 38.5 Å². The van der Waals surface area contributed by atoms with Crippen LogP contribution in [0.1, 0.15) is 60.1 Å². The van der Waals surface area contributed by atoms with Crippen molar-refractivity contribution in [2.24, 2.45) is 0 Å². The van der Waals surface area contributed by atoms with Gasteiger partial charge in [-0.25, -0.2) is 4.98 Å². The number of aromatic nitrogens is 1. The number of nitrogens with zero attached hydrogens (tertiary/aromatic N) is 2. The third kappa shape index (κ3) is 3.27. The summed E-state index contributed by atoms with van der Waals surface area (Å²) >= 11 is 1.53. The van der Waals surface area contributed by atoms with Gasteiger partial charge < -0.3 is 14.7 Å². The fourth-order valence-electron chi connectivity index (χ4n) is 3.18. The standard InChI is InChI=1S/C15H22N2O3S/c18-8-2-5-11-4-1-7-17(11)15(19)12-10-21-14(16-12)13-6-3-9-20-13/h10-11,13,18H,1-9H2. The number of carbonyl (C=O) groups is 1. The van der Waals surface area contributed by atoms with E-state index < -0.39 is 0 Å². The number of carbonyl (C=O) groups excluding carboxylic acids is 1. The minimum Gasteiger partial charge on any atom is -0.396 e. The average Bonchev–Trinajstić information content (AvgIpc) is 3.24. The van der Waals surface area contributed by atoms with Crippen molar-refractivity contribution in [1.82, 2.24) is 9.88 Å². The molecule has 0 aliphatic carbocycles. The lowest BCUT2D eigenvalue weighted by molar-refractivity contribution is 0.0717. The van der Waals surface area contributed by atoms with Crippen molar-refractivity contribution in [2.45, 2.75) is 50.7 Å². The first kappa shape index (κ1) is 14.9. The van der Waals surface area contributed by atoms with Gasteiger partial charge in [-0.2, -0.15) is 0 Å². The molecular weight excluding hydrogens is 288 g/mol. The van der Waals surface area contributed by atoms with Crippen LogP contribution in [-0.4, -0.2) is 46.7 Å². The van der Waals surface area contributed by atoms with Gasteiger partial charge in [0.25, 0.3) is 5.91 Å². The van der Waals surface area contributed by atoms with Crippen molar-refractivity contribution in [3.63, 3.8) is 0 Å². The monoisotopic (exact) mass is 310 g/mol. The van der Waals surface area contributed by atoms with Crippen LogP contribution in [0.25, 0.3) is 0 Å². The van der Waals surface area contributed by atoms with Crippen molar-refractivity contribution in [2.75, 3.05) is 19.8 Å². The molecule has 0 spiro atoms. The zero-order valence-electron chi connectivity index (χ0n) is 12.2. The molecule has 3 heterocycles. The first-order valence-electron chi connectivity index (χ1n) is 7.78. The van der Waals surface area contributed by atoms with Crippen LogP contribution in [0.4, 0.5) is 0 Å². The van der Waals surface area contributed by atoms with Gasteiger partial charge in [-0.3, -0.25) is 4.79 Å². The number of ether oxygens (including phenoxy) is 1. The van der Waals surface area contributed by atoms with Crippen LogP contribution in [0, 0.1) is 0 Å². The quantitative estimate of drug-likeness (QED) is 0.907. The Morgan fingerprint density at radius 3 is 3.14 bits per heavy atom. The minimum atomic E-state index is 0.0379. The van der Waals surface area contributed by atoms with E-state index in [2.05, 4.69) is 4.98 Å². The number of rotatable bonds is 5. The molecule has 2 saturated heterocycles. The van der Waals surface area contributed by atoms with Gasteiger partial charge in [0.05, 0.1) is 0 Å². The Morgan fingerprint density at radius 2 is 2.38 bits per heavy atom. The number of hydrogen-bond donors (Lipinski definition) is 1. The van der Waals surface area contributed by atoms with E-state index in [1.165, 1.54) is 11.3 Å². The Kier molecular flexibility index (Phi) is 4.87. The number of hydrogen-bond acceptors (Lipinski definition) is 5. The molecule has 2 unspecified atom stereocenters. The third-order valence-corrected chi connectivity index (χ3v) is 5.22. The Morgan fingerprint density at radius 1 is 1.48 bits per heavy atom. The summed E-state index contributed by atoms with van der Waals surface area (Å²) in [5.41, 5.74) is 0.557. The van der Waals surface area contributed by atoms with Gasteiger partial charge >= 0.3 is 0 Å². The Labute approximate surface area is 128 Å². The second-order valence-corrected chi connectivity index (χ2v) is 6.62. The lowest BCUT2D eigenvalue weighted by Crippen LogP contribution is -2.35. The highest BCUT2D eigenvalue weighted by molar-refractivity contribution is 7.09. The van der Waals surface area contributed by atoms with Crippen molar-refractivity contribution < 1.29 is 14.6 Å². The smallest absolute Gasteiger partial charge is 0.273 e. The third-order valence-electron chi connectivity index (χ3n) is 4.28. The summed E-state index contributed by atoms with van der Waals surface area (Å²) < 4.78 is 5.63. The Hall–Kier alpha value is -0.980. The molecular formula is C15H22N2O3S. The summed E-state index contributed by atoms with van der Waals surface area (Å²) in [5, 5.41) is 11.8. The van der Waals surface area contributed by atoms with Crippen molar-refractivity contribution in [1.29, 1.82) is 0 Å². The molecule has 116 valence electrons. The first-order chi connectivity index (χ1) is 10.3. The van der Waals surface area contributed by atoms with E-state index in [4.69, 9.17) is 9.84 Å². The van der Waals surface area contributed by atoms with Crippen LogP contribution >= 0.6 is 11.3 Å². The van der Waals surface area contributed by atoms with Crippen LogP contribution in [0.15, 0.2) is 5.38 Å². The van der Waals surface area contributed by atoms with Crippen molar-refractivity contribution in [3.05, 3.63) is 16.1 Å². The molecule has 0 aromatic carbocycles. The second-order valence-electron chi connectivity index (χ2n) is 5.73. The fraction of sp³-hybridized carbons (Fsp3) is 0.733. The predicted octanol–water partition coefficient (Wildman–Crippen LogP) is 2.37. The average molecular weight is 310 g/mol. The fourth-order valence-corrected chi connectivity index (χ4v) is 4.06. The Balaban J connectivity index is 1.66. The summed E-state index contributed by atoms with van der Waals surface area (Å²) in [6.07, 6.45) is 5.88. The lowest BCUT2D eigenvalue weighted by atomic mass is 10.1. The summed E-state index contributed by atoms with van der Waals surface area (Å²) in [5.74, 6) is 0.0379. The van der Waals surface area contributed by atoms with Gasteiger partial charge in [0.2, 0.25) is 0 Å². The van der Waals surface area contributed by atoms with Crippen LogP contribution in [-0.2, 0) is 4.74 Å². The van der Waals surface area contributed by atoms with Crippen LogP contribution in [0.5, 0.6) is 0 Å². The maximum absolute atomic E-state index is 12.6. The molecule has 1 amide bonds. The van der Waals surface area contributed by atoms with Crippen LogP contribution in [0.2, 0.25) is 0 Å². The first-order valence-corrected chi connectivity index (χ1v) is 8.66. The van der Waals surface area contributed by atoms with Crippen molar-refractivity contribution >= 4 is 17.2 Å². The summed E-state index contributed by atoms with van der Waals surface area (Å²) in [4.78, 5) is 19.1. The van der Waals surface area contributed by atoms with Crippen LogP contribution in [0.3, 0.4) is 0 Å². The molecule has 5 nitrogen and oxygen atoms in total. The second kappa shape index (κ2) is 6.85. The van der Waals surface area contributed by atoms with E-state index in [-0.39, 0.29) is 24.7 Å². The summed E-state index contributed by atoms with van der Waals surface area (Å²) in [6.45, 7) is 1.79. The SMILES string of the molecule is O=C(c1csc(C2CCCO2)n1)N1CCCC1CCCO. The molecule has 2 atom stereocenters. The molecule has 1 aromatic heterocycles. The van der Waals surface area contributed by atoms with E-state index in [9.17, 15) is 4.79 Å². The minimum absolute atomic E-state index is 0.0379. The number of aliphatic hydroxyl groups is 1. The maximum atomic E-state index is 12.6. The van der Waals surface area contributed by atoms with E-state index in [0.717, 1.165) is 56.7 Å². The summed E-state index contributed by atoms with van der Waals surface area (Å²) in [6, 6.07) is 0.262. The molecule has 0 radical (unpaired) electrons. The zero-order valence-corrected chi connectivity index (χ0v) is 13.0. The zero-order chi connectivity index (χ0) is 14.7. The number of thiazole rings is 1. The molecule has 6 heteroatoms. The highest BCUT2D eigenvalue weighted by Gasteiger charge is 2.31. The molecule has 3 rings (SSSR count). The highest BCUT2D eigenvalue weighted by atomic mass is 32.1. The maximum Gasteiger partial charge on any atom is 0.273 e. The highest BCUT2D eigenvalue weighted by Crippen LogP contribution is 2.31. The van der Waals surface area contributed by atoms with Gasteiger partial charge in [0.15, 0.2) is 0 Å². The molecule has 2 aliphatic heterocycles. The van der Waals surface area contributed by atoms with Crippen LogP contribution < -0.4 is 0 Å². The molecule has 1 N–H and O–H groups in total. The molecule has 2 fully saturated rings. The van der Waals surface area contributed by atoms with Gasteiger partial charge in [0, 0.05) is 31.2 Å². The van der Waals surface area contributed by atoms with Gasteiger partial charge in [-0.15, -0.1) is 11.3 Å². The topological polar surface area (TPSA) is 62.7 Å². The summed E-state index contributed by atoms with van der Waals surface area (Å²) in [7, 11) is 0. The largest absolute Gasteiger partial charge is 0.396 e. The molecule has 2 aliphatic rings. The molecule has 0 saturated carbocycles. The number of likely N-dealkylation sites (tertiary alicyclic amines) is 1. The van der Waals surface area contributed by atoms with E-state index >= 15 is 0 Å². The van der Waals surface area contributed by atoms with Crippen molar-refractivity contribution in [3.8, 4) is 0 Å². The predicted molar refractivity (Wildman–Crippen MR) is 80.4 cm³/mol. The van der Waals surface area contributed by atoms with Gasteiger partial charge in [-0.1, -0.05) is 0 Å². The van der Waals surface area contributed by atoms with Gasteiger partial charge in [0.1, 0.15) is 16.8 Å². The van der Waals surface area contributed by atoms with E-state index in [1.54, 1.807) is 0 Å². The Bertz CT molecular complexity index is 485. The molecule has 21 heavy (non-hydrogen) atoms. The lowest BCUT2D eigenvalue weighted by Gasteiger charge is -2.23. The number of aliphatic hydroxyl groups excluding tert-OH is 1. The number of amides is 1. The van der Waals surface area contributed by atoms with E-state index in [0.29, 0.717) is 5.69 Å². The normalized spacial score (nSPS) is 25.7. The van der Waals surface area contributed by atoms with E-state index in [1.807, 2.05) is 10.3 Å². The molecule has 0 bridgehead atoms.